The van der Waals surface area contributed by atoms with Crippen LogP contribution in [0.4, 0.5) is 5.69 Å². The molecule has 1 aromatic carbocycles. The molecule has 3 rings (SSSR count). The number of ether oxygens (including phenoxy) is 2. The molecule has 2 aliphatic rings. The van der Waals surface area contributed by atoms with E-state index in [-0.39, 0.29) is 34.9 Å². The number of methoxy groups -OCH3 is 2. The normalized spacial score (nSPS) is 27.4. The zero-order chi connectivity index (χ0) is 20.9. The molecule has 0 unspecified atom stereocenters. The van der Waals surface area contributed by atoms with Gasteiger partial charge in [0.1, 0.15) is 5.78 Å². The third-order valence-corrected chi connectivity index (χ3v) is 7.17. The monoisotopic (exact) mass is 387 g/mol. The summed E-state index contributed by atoms with van der Waals surface area (Å²) in [5.74, 6) is -1.43. The number of hydrogen-bond acceptors (Lipinski definition) is 6. The van der Waals surface area contributed by atoms with Crippen LogP contribution in [0.15, 0.2) is 18.2 Å². The Kier molecular flexibility index (Phi) is 4.60. The number of nitrogens with one attached hydrogen (secondary N) is 1. The SMILES string of the molecule is COC(=O)c1cc(NC(=O)[C@]23CC[C@@](C)(C(=O)C2)C3(C)C)cc(C(=O)OC)c1. The van der Waals surface area contributed by atoms with Gasteiger partial charge in [-0.25, -0.2) is 9.59 Å². The number of amides is 1. The Morgan fingerprint density at radius 1 is 0.929 bits per heavy atom. The van der Waals surface area contributed by atoms with Gasteiger partial charge in [0.05, 0.1) is 30.8 Å². The standard InChI is InChI=1S/C21H25NO6/c1-19(2)20(3)6-7-21(19,11-15(20)23)18(26)22-14-9-12(16(24)27-4)8-13(10-14)17(25)28-5/h8-10H,6-7,11H2,1-5H3,(H,22,26)/t20-,21-/m0/s1. The largest absolute Gasteiger partial charge is 0.465 e. The van der Waals surface area contributed by atoms with Crippen LogP contribution in [0.25, 0.3) is 0 Å². The van der Waals surface area contributed by atoms with Crippen molar-refractivity contribution < 1.29 is 28.7 Å². The Labute approximate surface area is 163 Å². The first-order valence-electron chi connectivity index (χ1n) is 9.19. The van der Waals surface area contributed by atoms with Gasteiger partial charge in [0, 0.05) is 17.5 Å². The molecule has 7 heteroatoms. The quantitative estimate of drug-likeness (QED) is 0.798. The molecule has 1 amide bonds. The lowest BCUT2D eigenvalue weighted by atomic mass is 9.64. The van der Waals surface area contributed by atoms with Gasteiger partial charge in [-0.15, -0.1) is 0 Å². The summed E-state index contributed by atoms with van der Waals surface area (Å²) in [6, 6.07) is 4.25. The number of carbonyl (C=O) groups is 4. The molecule has 0 aliphatic heterocycles. The van der Waals surface area contributed by atoms with Crippen molar-refractivity contribution in [2.75, 3.05) is 19.5 Å². The van der Waals surface area contributed by atoms with Crippen LogP contribution in [0.1, 0.15) is 60.7 Å². The number of esters is 2. The molecule has 0 spiro atoms. The van der Waals surface area contributed by atoms with E-state index in [2.05, 4.69) is 5.32 Å². The van der Waals surface area contributed by atoms with Crippen molar-refractivity contribution in [3.05, 3.63) is 29.3 Å². The number of carbonyl (C=O) groups excluding carboxylic acids is 4. The van der Waals surface area contributed by atoms with E-state index in [1.165, 1.54) is 32.4 Å². The third kappa shape index (κ3) is 2.56. The lowest BCUT2D eigenvalue weighted by Crippen LogP contribution is -2.43. The molecule has 1 aromatic rings. The fourth-order valence-electron chi connectivity index (χ4n) is 4.78. The summed E-state index contributed by atoms with van der Waals surface area (Å²) in [5, 5.41) is 2.83. The second kappa shape index (κ2) is 6.43. The van der Waals surface area contributed by atoms with Crippen LogP contribution in [0.5, 0.6) is 0 Å². The van der Waals surface area contributed by atoms with Crippen molar-refractivity contribution in [1.29, 1.82) is 0 Å². The fraction of sp³-hybridized carbons (Fsp3) is 0.524. The van der Waals surface area contributed by atoms with Crippen LogP contribution in [-0.2, 0) is 19.1 Å². The summed E-state index contributed by atoms with van der Waals surface area (Å²) in [6.45, 7) is 5.87. The van der Waals surface area contributed by atoms with Crippen LogP contribution in [0, 0.1) is 16.2 Å². The molecule has 0 aromatic heterocycles. The first kappa shape index (κ1) is 20.0. The molecule has 0 saturated heterocycles. The maximum atomic E-state index is 13.3. The van der Waals surface area contributed by atoms with Crippen LogP contribution in [0.3, 0.4) is 0 Å². The Bertz CT molecular complexity index is 855. The average molecular weight is 387 g/mol. The maximum absolute atomic E-state index is 13.3. The number of ketones is 1. The number of fused-ring (bicyclic) bond motifs is 2. The van der Waals surface area contributed by atoms with Crippen molar-refractivity contribution in [3.8, 4) is 0 Å². The minimum atomic E-state index is -0.814. The minimum Gasteiger partial charge on any atom is -0.465 e. The van der Waals surface area contributed by atoms with Gasteiger partial charge in [0.15, 0.2) is 0 Å². The number of hydrogen-bond donors (Lipinski definition) is 1. The summed E-state index contributed by atoms with van der Waals surface area (Å²) >= 11 is 0. The fourth-order valence-corrected chi connectivity index (χ4v) is 4.78. The highest BCUT2D eigenvalue weighted by molar-refractivity contribution is 6.06. The molecule has 0 heterocycles. The smallest absolute Gasteiger partial charge is 0.337 e. The van der Waals surface area contributed by atoms with Crippen molar-refractivity contribution >= 4 is 29.3 Å². The molecule has 150 valence electrons. The van der Waals surface area contributed by atoms with E-state index in [1.807, 2.05) is 20.8 Å². The van der Waals surface area contributed by atoms with Crippen molar-refractivity contribution in [1.82, 2.24) is 0 Å². The molecule has 2 saturated carbocycles. The molecular weight excluding hydrogens is 362 g/mol. The molecule has 1 N–H and O–H groups in total. The predicted molar refractivity (Wildman–Crippen MR) is 101 cm³/mol. The van der Waals surface area contributed by atoms with E-state index in [1.54, 1.807) is 0 Å². The highest BCUT2D eigenvalue weighted by atomic mass is 16.5. The lowest BCUT2D eigenvalue weighted by molar-refractivity contribution is -0.131. The van der Waals surface area contributed by atoms with Crippen molar-refractivity contribution in [3.63, 3.8) is 0 Å². The number of rotatable bonds is 4. The molecule has 2 atom stereocenters. The summed E-state index contributed by atoms with van der Waals surface area (Å²) < 4.78 is 9.45. The van der Waals surface area contributed by atoms with Gasteiger partial charge in [-0.1, -0.05) is 20.8 Å². The van der Waals surface area contributed by atoms with E-state index < -0.39 is 28.2 Å². The van der Waals surface area contributed by atoms with E-state index in [0.717, 1.165) is 0 Å². The minimum absolute atomic E-state index is 0.109. The van der Waals surface area contributed by atoms with Gasteiger partial charge >= 0.3 is 11.9 Å². The van der Waals surface area contributed by atoms with E-state index >= 15 is 0 Å². The lowest BCUT2D eigenvalue weighted by Gasteiger charge is -2.38. The highest BCUT2D eigenvalue weighted by Gasteiger charge is 2.72. The van der Waals surface area contributed by atoms with Gasteiger partial charge in [0.25, 0.3) is 0 Å². The van der Waals surface area contributed by atoms with Crippen LogP contribution >= 0.6 is 0 Å². The van der Waals surface area contributed by atoms with Crippen molar-refractivity contribution in [2.45, 2.75) is 40.0 Å². The third-order valence-electron chi connectivity index (χ3n) is 7.17. The molecule has 28 heavy (non-hydrogen) atoms. The van der Waals surface area contributed by atoms with Crippen LogP contribution in [0.2, 0.25) is 0 Å². The molecule has 7 nitrogen and oxygen atoms in total. The molecular formula is C21H25NO6. The first-order valence-corrected chi connectivity index (χ1v) is 9.19. The Morgan fingerprint density at radius 3 is 1.86 bits per heavy atom. The summed E-state index contributed by atoms with van der Waals surface area (Å²) in [6.07, 6.45) is 1.49. The van der Waals surface area contributed by atoms with Gasteiger partial charge in [-0.3, -0.25) is 9.59 Å². The summed E-state index contributed by atoms with van der Waals surface area (Å²) in [5.41, 5.74) is -1.30. The van der Waals surface area contributed by atoms with E-state index in [4.69, 9.17) is 9.47 Å². The van der Waals surface area contributed by atoms with Crippen LogP contribution in [-0.4, -0.2) is 37.8 Å². The number of Topliss-reactive ketones (excluding diaryl/α,β-unsaturated/α-hetero) is 1. The Morgan fingerprint density at radius 2 is 1.46 bits per heavy atom. The van der Waals surface area contributed by atoms with Crippen LogP contribution < -0.4 is 5.32 Å². The number of benzene rings is 1. The van der Waals surface area contributed by atoms with E-state index in [9.17, 15) is 19.2 Å². The van der Waals surface area contributed by atoms with Gasteiger partial charge in [0.2, 0.25) is 5.91 Å². The van der Waals surface area contributed by atoms with Gasteiger partial charge < -0.3 is 14.8 Å². The first-order chi connectivity index (χ1) is 13.0. The zero-order valence-electron chi connectivity index (χ0n) is 16.8. The second-order valence-electron chi connectivity index (χ2n) is 8.38. The second-order valence-corrected chi connectivity index (χ2v) is 8.38. The summed E-state index contributed by atoms with van der Waals surface area (Å²) in [7, 11) is 2.47. The Hall–Kier alpha value is -2.70. The number of anilines is 1. The predicted octanol–water partition coefficient (Wildman–Crippen LogP) is 2.98. The molecule has 2 aliphatic carbocycles. The summed E-state index contributed by atoms with van der Waals surface area (Å²) in [4.78, 5) is 49.8. The average Bonchev–Trinajstić information content (AvgIpc) is 2.96. The molecule has 0 radical (unpaired) electrons. The topological polar surface area (TPSA) is 98.8 Å². The molecule has 2 bridgehead atoms. The molecule has 2 fully saturated rings. The maximum Gasteiger partial charge on any atom is 0.337 e. The zero-order valence-corrected chi connectivity index (χ0v) is 16.8. The Balaban J connectivity index is 1.98. The van der Waals surface area contributed by atoms with Gasteiger partial charge in [-0.2, -0.15) is 0 Å². The van der Waals surface area contributed by atoms with Crippen molar-refractivity contribution in [2.24, 2.45) is 16.2 Å². The van der Waals surface area contributed by atoms with Gasteiger partial charge in [-0.05, 0) is 36.5 Å². The highest BCUT2D eigenvalue weighted by Crippen LogP contribution is 2.70. The van der Waals surface area contributed by atoms with E-state index in [0.29, 0.717) is 12.8 Å².